The van der Waals surface area contributed by atoms with E-state index in [1.165, 1.54) is 0 Å². The molecule has 0 unspecified atom stereocenters. The summed E-state index contributed by atoms with van der Waals surface area (Å²) < 4.78 is 6.25. The Morgan fingerprint density at radius 1 is 1.00 bits per heavy atom. The topological polar surface area (TPSA) is 109 Å². The molecule has 0 atom stereocenters. The number of nitrogens with one attached hydrogen (secondary N) is 2. The van der Waals surface area contributed by atoms with Crippen molar-refractivity contribution < 1.29 is 19.1 Å². The number of halogens is 1. The van der Waals surface area contributed by atoms with Crippen molar-refractivity contribution >= 4 is 56.9 Å². The van der Waals surface area contributed by atoms with Gasteiger partial charge in [0.15, 0.2) is 5.82 Å². The second-order valence-corrected chi connectivity index (χ2v) is 12.5. The number of fused-ring (bicyclic) bond motifs is 1. The van der Waals surface area contributed by atoms with Crippen LogP contribution in [0.5, 0.6) is 0 Å². The highest BCUT2D eigenvalue weighted by molar-refractivity contribution is 7.20. The molecule has 2 aromatic heterocycles. The number of likely N-dealkylation sites (N-methyl/N-ethyl adjacent to an activating group) is 1. The van der Waals surface area contributed by atoms with Gasteiger partial charge in [-0.05, 0) is 50.2 Å². The van der Waals surface area contributed by atoms with Crippen LogP contribution in [0.2, 0.25) is 0 Å². The highest BCUT2D eigenvalue weighted by Crippen LogP contribution is 2.33. The number of rotatable bonds is 9. The van der Waals surface area contributed by atoms with Gasteiger partial charge in [0.05, 0.1) is 21.7 Å². The molecule has 10 nitrogen and oxygen atoms in total. The van der Waals surface area contributed by atoms with E-state index in [9.17, 15) is 14.4 Å². The molecule has 2 N–H and O–H groups in total. The summed E-state index contributed by atoms with van der Waals surface area (Å²) in [6.07, 6.45) is -0.752. The summed E-state index contributed by atoms with van der Waals surface area (Å²) in [5.74, 6) is -0.419. The number of amides is 2. The van der Waals surface area contributed by atoms with Crippen LogP contribution in [0.15, 0.2) is 60.7 Å². The molecule has 0 saturated carbocycles. The van der Waals surface area contributed by atoms with Crippen molar-refractivity contribution in [2.24, 2.45) is 0 Å². The number of aromatic nitrogens is 2. The lowest BCUT2D eigenvalue weighted by Gasteiger charge is -2.32. The van der Waals surface area contributed by atoms with E-state index in [-0.39, 0.29) is 30.1 Å². The van der Waals surface area contributed by atoms with Gasteiger partial charge in [0.2, 0.25) is 0 Å². The van der Waals surface area contributed by atoms with Crippen molar-refractivity contribution in [3.63, 3.8) is 0 Å². The fourth-order valence-electron chi connectivity index (χ4n) is 4.90. The van der Waals surface area contributed by atoms with E-state index in [0.29, 0.717) is 20.7 Å². The van der Waals surface area contributed by atoms with Gasteiger partial charge in [-0.25, -0.2) is 4.79 Å². The number of thiophene rings is 1. The molecule has 0 spiro atoms. The van der Waals surface area contributed by atoms with Crippen LogP contribution >= 0.6 is 22.9 Å². The first-order valence-electron chi connectivity index (χ1n) is 14.1. The van der Waals surface area contributed by atoms with Crippen molar-refractivity contribution in [2.45, 2.75) is 25.9 Å². The van der Waals surface area contributed by atoms with E-state index in [2.05, 4.69) is 32.6 Å². The van der Waals surface area contributed by atoms with Crippen molar-refractivity contribution in [1.82, 2.24) is 24.9 Å². The van der Waals surface area contributed by atoms with Gasteiger partial charge in [-0.2, -0.15) is 4.68 Å². The molecule has 226 valence electrons. The summed E-state index contributed by atoms with van der Waals surface area (Å²) in [4.78, 5) is 44.8. The zero-order valence-electron chi connectivity index (χ0n) is 24.4. The van der Waals surface area contributed by atoms with Gasteiger partial charge in [0.25, 0.3) is 11.8 Å². The highest BCUT2D eigenvalue weighted by Gasteiger charge is 2.27. The first kappa shape index (κ1) is 30.7. The predicted molar refractivity (Wildman–Crippen MR) is 169 cm³/mol. The third-order valence-corrected chi connectivity index (χ3v) is 8.69. The lowest BCUT2D eigenvalue weighted by molar-refractivity contribution is 0.0915. The molecule has 12 heteroatoms. The standard InChI is InChI=1S/C31H35ClN6O4S/c1-31(2,23-7-5-4-6-8-23)34-28(40)25-19-24-26(35-38(29(24)43-25)30(41)42-18-13-32)33-27(39)22-11-9-21(10-12-22)20-37-16-14-36(3)15-17-37/h4-12,19H,13-18,20H2,1-3H3,(H,34,40)(H,33,35,39). The summed E-state index contributed by atoms with van der Waals surface area (Å²) in [6, 6.07) is 18.7. The molecule has 0 bridgehead atoms. The number of anilines is 1. The maximum absolute atomic E-state index is 13.3. The average Bonchev–Trinajstić information content (AvgIpc) is 3.58. The second-order valence-electron chi connectivity index (χ2n) is 11.1. The molecule has 0 aliphatic carbocycles. The lowest BCUT2D eigenvalue weighted by atomic mass is 9.94. The van der Waals surface area contributed by atoms with Crippen molar-refractivity contribution in [3.05, 3.63) is 82.2 Å². The SMILES string of the molecule is CN1CCN(Cc2ccc(C(=O)Nc3nn(C(=O)OCCCl)c4sc(C(=O)NC(C)(C)c5ccccc5)cc34)cc2)CC1. The lowest BCUT2D eigenvalue weighted by Crippen LogP contribution is -2.43. The minimum absolute atomic E-state index is 0.00606. The molecule has 0 radical (unpaired) electrons. The Morgan fingerprint density at radius 3 is 2.37 bits per heavy atom. The molecule has 1 saturated heterocycles. The summed E-state index contributed by atoms with van der Waals surface area (Å²) in [5, 5.41) is 10.7. The van der Waals surface area contributed by atoms with Crippen LogP contribution in [0, 0.1) is 0 Å². The van der Waals surface area contributed by atoms with Crippen LogP contribution in [0.3, 0.4) is 0 Å². The van der Waals surface area contributed by atoms with E-state index >= 15 is 0 Å². The molecule has 4 aromatic rings. The minimum Gasteiger partial charge on any atom is -0.447 e. The zero-order valence-corrected chi connectivity index (χ0v) is 26.0. The Balaban J connectivity index is 1.36. The number of piperazine rings is 1. The molecule has 1 aliphatic heterocycles. The third-order valence-electron chi connectivity index (χ3n) is 7.43. The predicted octanol–water partition coefficient (Wildman–Crippen LogP) is 4.99. The maximum atomic E-state index is 13.3. The van der Waals surface area contributed by atoms with E-state index in [1.54, 1.807) is 18.2 Å². The van der Waals surface area contributed by atoms with Gasteiger partial charge in [-0.3, -0.25) is 14.5 Å². The van der Waals surface area contributed by atoms with Crippen LogP contribution in [-0.4, -0.2) is 83.2 Å². The number of carbonyl (C=O) groups is 3. The fraction of sp³-hybridized carbons (Fsp3) is 0.355. The van der Waals surface area contributed by atoms with Gasteiger partial charge in [-0.15, -0.1) is 28.0 Å². The molecular formula is C31H35ClN6O4S. The van der Waals surface area contributed by atoms with E-state index in [0.717, 1.165) is 59.9 Å². The van der Waals surface area contributed by atoms with Gasteiger partial charge in [0.1, 0.15) is 11.4 Å². The van der Waals surface area contributed by atoms with Crippen LogP contribution in [0.4, 0.5) is 10.6 Å². The van der Waals surface area contributed by atoms with E-state index in [1.807, 2.05) is 56.3 Å². The Morgan fingerprint density at radius 2 is 1.70 bits per heavy atom. The van der Waals surface area contributed by atoms with Crippen LogP contribution in [0.25, 0.3) is 10.2 Å². The number of benzene rings is 2. The minimum atomic E-state index is -0.752. The molecule has 1 fully saturated rings. The monoisotopic (exact) mass is 622 g/mol. The Bertz CT molecular complexity index is 1590. The molecule has 1 aliphatic rings. The fourth-order valence-corrected chi connectivity index (χ4v) is 5.97. The van der Waals surface area contributed by atoms with Crippen molar-refractivity contribution in [1.29, 1.82) is 0 Å². The summed E-state index contributed by atoms with van der Waals surface area (Å²) in [6.45, 7) is 8.75. The van der Waals surface area contributed by atoms with Gasteiger partial charge < -0.3 is 20.3 Å². The van der Waals surface area contributed by atoms with Gasteiger partial charge in [-0.1, -0.05) is 42.5 Å². The molecular weight excluding hydrogens is 588 g/mol. The normalized spacial score (nSPS) is 14.5. The van der Waals surface area contributed by atoms with Crippen LogP contribution in [-0.2, 0) is 16.8 Å². The Kier molecular flexibility index (Phi) is 9.46. The molecule has 2 amide bonds. The van der Waals surface area contributed by atoms with Gasteiger partial charge >= 0.3 is 6.09 Å². The molecule has 2 aromatic carbocycles. The largest absolute Gasteiger partial charge is 0.447 e. The van der Waals surface area contributed by atoms with Crippen LogP contribution in [0.1, 0.15) is 45.0 Å². The summed E-state index contributed by atoms with van der Waals surface area (Å²) in [5.41, 5.74) is 1.88. The number of hydrogen-bond donors (Lipinski definition) is 2. The number of hydrogen-bond acceptors (Lipinski definition) is 8. The number of carbonyl (C=O) groups excluding carboxylic acids is 3. The number of nitrogens with zero attached hydrogens (tertiary/aromatic N) is 4. The van der Waals surface area contributed by atoms with Crippen molar-refractivity contribution in [3.8, 4) is 0 Å². The smallest absolute Gasteiger partial charge is 0.436 e. The van der Waals surface area contributed by atoms with Crippen molar-refractivity contribution in [2.75, 3.05) is 51.0 Å². The average molecular weight is 623 g/mol. The van der Waals surface area contributed by atoms with E-state index in [4.69, 9.17) is 16.3 Å². The highest BCUT2D eigenvalue weighted by atomic mass is 35.5. The first-order valence-corrected chi connectivity index (χ1v) is 15.4. The number of ether oxygens (including phenoxy) is 1. The van der Waals surface area contributed by atoms with E-state index < -0.39 is 11.6 Å². The zero-order chi connectivity index (χ0) is 30.6. The summed E-state index contributed by atoms with van der Waals surface area (Å²) >= 11 is 6.79. The number of alkyl halides is 1. The summed E-state index contributed by atoms with van der Waals surface area (Å²) in [7, 11) is 2.13. The maximum Gasteiger partial charge on any atom is 0.436 e. The molecule has 43 heavy (non-hydrogen) atoms. The third kappa shape index (κ3) is 7.24. The quantitative estimate of drug-likeness (QED) is 0.253. The second kappa shape index (κ2) is 13.3. The van der Waals surface area contributed by atoms with Crippen LogP contribution < -0.4 is 10.6 Å². The van der Waals surface area contributed by atoms with Gasteiger partial charge in [0, 0.05) is 38.3 Å². The Labute approximate surface area is 259 Å². The molecule has 5 rings (SSSR count). The molecule has 3 heterocycles. The first-order chi connectivity index (χ1) is 20.6. The Hall–Kier alpha value is -3.77.